The molecule has 0 heterocycles. The third-order valence-electron chi connectivity index (χ3n) is 4.41. The molecule has 2 rings (SSSR count). The standard InChI is InChI=1S/C23H26N2O5/c1-15(13-22(27)25-19-8-6-18(7-9-19)16(2)26)23(28)24-12-11-17-5-10-20(29-3)21(14-17)30-4/h5-10,13-14H,11-12H2,1-4H3,(H,24,28)(H,25,27)/b15-13-. The third kappa shape index (κ3) is 6.48. The van der Waals surface area contributed by atoms with Gasteiger partial charge in [0, 0.05) is 29.4 Å². The first-order chi connectivity index (χ1) is 14.3. The van der Waals surface area contributed by atoms with Crippen LogP contribution in [0.3, 0.4) is 0 Å². The quantitative estimate of drug-likeness (QED) is 0.489. The zero-order valence-electron chi connectivity index (χ0n) is 17.6. The number of hydrogen-bond donors (Lipinski definition) is 2. The van der Waals surface area contributed by atoms with Gasteiger partial charge >= 0.3 is 0 Å². The van der Waals surface area contributed by atoms with E-state index in [4.69, 9.17) is 9.47 Å². The number of anilines is 1. The van der Waals surface area contributed by atoms with Gasteiger partial charge in [-0.2, -0.15) is 0 Å². The van der Waals surface area contributed by atoms with E-state index in [9.17, 15) is 14.4 Å². The zero-order chi connectivity index (χ0) is 22.1. The molecule has 0 radical (unpaired) electrons. The minimum absolute atomic E-state index is 0.0478. The molecule has 0 aliphatic rings. The van der Waals surface area contributed by atoms with Crippen LogP contribution < -0.4 is 20.1 Å². The number of ether oxygens (including phenoxy) is 2. The van der Waals surface area contributed by atoms with Gasteiger partial charge in [-0.1, -0.05) is 6.07 Å². The summed E-state index contributed by atoms with van der Waals surface area (Å²) in [6.45, 7) is 3.46. The first kappa shape index (κ1) is 22.7. The number of methoxy groups -OCH3 is 2. The van der Waals surface area contributed by atoms with Gasteiger partial charge in [-0.05, 0) is 62.2 Å². The molecule has 0 saturated heterocycles. The molecule has 0 bridgehead atoms. The van der Waals surface area contributed by atoms with Crippen LogP contribution in [0.4, 0.5) is 5.69 Å². The van der Waals surface area contributed by atoms with Crippen LogP contribution >= 0.6 is 0 Å². The summed E-state index contributed by atoms with van der Waals surface area (Å²) in [5, 5.41) is 5.46. The Labute approximate surface area is 176 Å². The summed E-state index contributed by atoms with van der Waals surface area (Å²) < 4.78 is 10.5. The van der Waals surface area contributed by atoms with E-state index in [1.165, 1.54) is 13.0 Å². The minimum atomic E-state index is -0.418. The normalized spacial score (nSPS) is 10.9. The van der Waals surface area contributed by atoms with E-state index in [1.54, 1.807) is 45.4 Å². The zero-order valence-corrected chi connectivity index (χ0v) is 17.6. The molecule has 0 aliphatic heterocycles. The van der Waals surface area contributed by atoms with Gasteiger partial charge in [0.1, 0.15) is 0 Å². The predicted octanol–water partition coefficient (Wildman–Crippen LogP) is 3.15. The molecular formula is C23H26N2O5. The van der Waals surface area contributed by atoms with Crippen molar-refractivity contribution in [2.24, 2.45) is 0 Å². The van der Waals surface area contributed by atoms with E-state index in [0.717, 1.165) is 5.56 Å². The summed E-state index contributed by atoms with van der Waals surface area (Å²) >= 11 is 0. The van der Waals surface area contributed by atoms with Gasteiger partial charge in [-0.25, -0.2) is 0 Å². The average Bonchev–Trinajstić information content (AvgIpc) is 2.73. The number of rotatable bonds is 9. The van der Waals surface area contributed by atoms with Crippen molar-refractivity contribution < 1.29 is 23.9 Å². The largest absolute Gasteiger partial charge is 0.493 e. The molecule has 2 aromatic carbocycles. The molecule has 0 spiro atoms. The third-order valence-corrected chi connectivity index (χ3v) is 4.41. The van der Waals surface area contributed by atoms with E-state index in [-0.39, 0.29) is 11.7 Å². The average molecular weight is 410 g/mol. The lowest BCUT2D eigenvalue weighted by Crippen LogP contribution is -2.27. The minimum Gasteiger partial charge on any atom is -0.493 e. The van der Waals surface area contributed by atoms with Crippen molar-refractivity contribution in [3.63, 3.8) is 0 Å². The Hall–Kier alpha value is -3.61. The van der Waals surface area contributed by atoms with Crippen molar-refractivity contribution in [1.82, 2.24) is 5.32 Å². The molecule has 0 fully saturated rings. The lowest BCUT2D eigenvalue weighted by atomic mass is 10.1. The number of nitrogens with one attached hydrogen (secondary N) is 2. The summed E-state index contributed by atoms with van der Waals surface area (Å²) in [5.41, 5.74) is 2.39. The number of carbonyl (C=O) groups is 3. The van der Waals surface area contributed by atoms with Crippen LogP contribution in [0.15, 0.2) is 54.1 Å². The lowest BCUT2D eigenvalue weighted by molar-refractivity contribution is -0.118. The number of benzene rings is 2. The van der Waals surface area contributed by atoms with Crippen molar-refractivity contribution in [2.75, 3.05) is 26.1 Å². The molecule has 7 nitrogen and oxygen atoms in total. The first-order valence-corrected chi connectivity index (χ1v) is 9.43. The molecule has 2 aromatic rings. The second-order valence-electron chi connectivity index (χ2n) is 6.65. The Morgan fingerprint density at radius 3 is 2.20 bits per heavy atom. The van der Waals surface area contributed by atoms with Gasteiger partial charge in [0.15, 0.2) is 17.3 Å². The smallest absolute Gasteiger partial charge is 0.248 e. The molecule has 0 saturated carbocycles. The molecule has 158 valence electrons. The van der Waals surface area contributed by atoms with Crippen molar-refractivity contribution in [2.45, 2.75) is 20.3 Å². The Morgan fingerprint density at radius 1 is 0.933 bits per heavy atom. The molecule has 0 aromatic heterocycles. The molecule has 0 unspecified atom stereocenters. The number of amides is 2. The SMILES string of the molecule is COc1ccc(CCNC(=O)/C(C)=C\C(=O)Nc2ccc(C(C)=O)cc2)cc1OC. The molecule has 30 heavy (non-hydrogen) atoms. The number of hydrogen-bond acceptors (Lipinski definition) is 5. The Bertz CT molecular complexity index is 949. The fraction of sp³-hybridized carbons (Fsp3) is 0.261. The second-order valence-corrected chi connectivity index (χ2v) is 6.65. The summed E-state index contributed by atoms with van der Waals surface area (Å²) in [6.07, 6.45) is 1.85. The van der Waals surface area contributed by atoms with Crippen LogP contribution in [-0.4, -0.2) is 38.4 Å². The summed E-state index contributed by atoms with van der Waals surface area (Å²) in [5.74, 6) is 0.487. The van der Waals surface area contributed by atoms with Gasteiger partial charge in [0.05, 0.1) is 14.2 Å². The summed E-state index contributed by atoms with van der Waals surface area (Å²) in [4.78, 5) is 35.6. The number of carbonyl (C=O) groups excluding carboxylic acids is 3. The summed E-state index contributed by atoms with van der Waals surface area (Å²) in [6, 6.07) is 12.1. The number of Topliss-reactive ketones (excluding diaryl/α,β-unsaturated/α-hetero) is 1. The van der Waals surface area contributed by atoms with Gasteiger partial charge in [0.25, 0.3) is 0 Å². The highest BCUT2D eigenvalue weighted by Crippen LogP contribution is 2.27. The topological polar surface area (TPSA) is 93.7 Å². The van der Waals surface area contributed by atoms with Gasteiger partial charge in [-0.3, -0.25) is 14.4 Å². The van der Waals surface area contributed by atoms with Crippen LogP contribution in [0.25, 0.3) is 0 Å². The van der Waals surface area contributed by atoms with E-state index in [0.29, 0.717) is 41.3 Å². The van der Waals surface area contributed by atoms with Crippen molar-refractivity contribution in [1.29, 1.82) is 0 Å². The fourth-order valence-corrected chi connectivity index (χ4v) is 2.72. The van der Waals surface area contributed by atoms with Crippen LogP contribution in [0.5, 0.6) is 11.5 Å². The van der Waals surface area contributed by atoms with E-state index < -0.39 is 5.91 Å². The summed E-state index contributed by atoms with van der Waals surface area (Å²) in [7, 11) is 3.14. The fourth-order valence-electron chi connectivity index (χ4n) is 2.72. The second kappa shape index (κ2) is 10.8. The van der Waals surface area contributed by atoms with Crippen molar-refractivity contribution in [3.8, 4) is 11.5 Å². The Kier molecular flexibility index (Phi) is 8.17. The first-order valence-electron chi connectivity index (χ1n) is 9.43. The molecule has 2 amide bonds. The predicted molar refractivity (Wildman–Crippen MR) is 115 cm³/mol. The van der Waals surface area contributed by atoms with Crippen LogP contribution in [0, 0.1) is 0 Å². The molecule has 0 atom stereocenters. The highest BCUT2D eigenvalue weighted by molar-refractivity contribution is 6.06. The van der Waals surface area contributed by atoms with Crippen LogP contribution in [0.1, 0.15) is 29.8 Å². The highest BCUT2D eigenvalue weighted by Gasteiger charge is 2.09. The molecule has 2 N–H and O–H groups in total. The Morgan fingerprint density at radius 2 is 1.60 bits per heavy atom. The number of ketones is 1. The van der Waals surface area contributed by atoms with E-state index >= 15 is 0 Å². The Balaban J connectivity index is 1.86. The monoisotopic (exact) mass is 410 g/mol. The van der Waals surface area contributed by atoms with E-state index in [2.05, 4.69) is 10.6 Å². The van der Waals surface area contributed by atoms with Crippen molar-refractivity contribution in [3.05, 3.63) is 65.2 Å². The van der Waals surface area contributed by atoms with Gasteiger partial charge in [-0.15, -0.1) is 0 Å². The highest BCUT2D eigenvalue weighted by atomic mass is 16.5. The lowest BCUT2D eigenvalue weighted by Gasteiger charge is -2.10. The maximum absolute atomic E-state index is 12.2. The molecule has 0 aliphatic carbocycles. The molecular weight excluding hydrogens is 384 g/mol. The van der Waals surface area contributed by atoms with E-state index in [1.807, 2.05) is 18.2 Å². The maximum Gasteiger partial charge on any atom is 0.248 e. The van der Waals surface area contributed by atoms with Gasteiger partial charge in [0.2, 0.25) is 11.8 Å². The van der Waals surface area contributed by atoms with Crippen molar-refractivity contribution >= 4 is 23.3 Å². The maximum atomic E-state index is 12.2. The van der Waals surface area contributed by atoms with Crippen LogP contribution in [0.2, 0.25) is 0 Å². The van der Waals surface area contributed by atoms with Crippen LogP contribution in [-0.2, 0) is 16.0 Å². The molecule has 7 heteroatoms. The van der Waals surface area contributed by atoms with Gasteiger partial charge < -0.3 is 20.1 Å².